The zero-order valence-electron chi connectivity index (χ0n) is 22.0. The molecule has 0 saturated carbocycles. The summed E-state index contributed by atoms with van der Waals surface area (Å²) >= 11 is 0. The van der Waals surface area contributed by atoms with Crippen LogP contribution in [0.15, 0.2) is 79.0 Å². The number of nitrogens with zero attached hydrogens (tertiary/aromatic N) is 5. The van der Waals surface area contributed by atoms with Gasteiger partial charge in [0, 0.05) is 31.7 Å². The lowest BCUT2D eigenvalue weighted by Gasteiger charge is -2.35. The lowest BCUT2D eigenvalue weighted by molar-refractivity contribution is -0.124. The minimum atomic E-state index is -0.718. The maximum absolute atomic E-state index is 14.7. The number of aromatic nitrogens is 3. The standard InChI is InChI=1S/C31H31N5O3/c1-38-25-9-4-7-22(17-25)19-34-15-13-31-27-11-2-3-12-28(27)36(30(31)37)21-24-20-35(33-32-24)14-6-16-39-26-10-5-8-23(18-26)29(31)34/h2-5,7-12,17-18,20,29H,6,13-16,19,21H2,1H3/t29-,31-/m0/s1. The van der Waals surface area contributed by atoms with Crippen LogP contribution < -0.4 is 14.4 Å². The molecule has 2 atom stereocenters. The molecule has 1 fully saturated rings. The van der Waals surface area contributed by atoms with Crippen molar-refractivity contribution in [3.05, 3.63) is 101 Å². The summed E-state index contributed by atoms with van der Waals surface area (Å²) in [5.74, 6) is 1.78. The van der Waals surface area contributed by atoms with Crippen molar-refractivity contribution in [2.75, 3.05) is 25.2 Å². The van der Waals surface area contributed by atoms with Crippen LogP contribution in [0.4, 0.5) is 5.69 Å². The minimum absolute atomic E-state index is 0.123. The maximum Gasteiger partial charge on any atom is 0.240 e. The highest BCUT2D eigenvalue weighted by atomic mass is 16.5. The van der Waals surface area contributed by atoms with Gasteiger partial charge in [0.15, 0.2) is 0 Å². The largest absolute Gasteiger partial charge is 0.497 e. The van der Waals surface area contributed by atoms with Crippen LogP contribution in [0.1, 0.15) is 41.3 Å². The number of carbonyl (C=O) groups is 1. The maximum atomic E-state index is 14.7. The Morgan fingerprint density at radius 3 is 2.87 bits per heavy atom. The Morgan fingerprint density at radius 1 is 1.05 bits per heavy atom. The Labute approximate surface area is 227 Å². The molecule has 4 heterocycles. The van der Waals surface area contributed by atoms with Crippen molar-refractivity contribution in [3.63, 3.8) is 0 Å². The van der Waals surface area contributed by atoms with Gasteiger partial charge in [0.25, 0.3) is 0 Å². The molecule has 6 bridgehead atoms. The molecule has 0 unspecified atom stereocenters. The van der Waals surface area contributed by atoms with Crippen LogP contribution >= 0.6 is 0 Å². The molecular weight excluding hydrogens is 490 g/mol. The second-order valence-corrected chi connectivity index (χ2v) is 10.6. The van der Waals surface area contributed by atoms with E-state index in [9.17, 15) is 4.79 Å². The normalized spacial score (nSPS) is 22.4. The number of hydrogen-bond donors (Lipinski definition) is 0. The van der Waals surface area contributed by atoms with E-state index in [1.807, 2.05) is 52.2 Å². The molecule has 8 heteroatoms. The fourth-order valence-corrected chi connectivity index (χ4v) is 6.66. The average molecular weight is 522 g/mol. The molecule has 1 amide bonds. The Kier molecular flexibility index (Phi) is 5.85. The number of aryl methyl sites for hydroxylation is 1. The van der Waals surface area contributed by atoms with Gasteiger partial charge < -0.3 is 14.4 Å². The first-order valence-electron chi connectivity index (χ1n) is 13.6. The third-order valence-electron chi connectivity index (χ3n) is 8.33. The summed E-state index contributed by atoms with van der Waals surface area (Å²) in [7, 11) is 1.69. The van der Waals surface area contributed by atoms with Crippen molar-refractivity contribution in [3.8, 4) is 11.5 Å². The number of benzene rings is 3. The van der Waals surface area contributed by atoms with Gasteiger partial charge in [0.05, 0.1) is 37.9 Å². The van der Waals surface area contributed by atoms with Gasteiger partial charge in [0.1, 0.15) is 17.2 Å². The van der Waals surface area contributed by atoms with Gasteiger partial charge in [0.2, 0.25) is 5.91 Å². The number of para-hydroxylation sites is 1. The Bertz CT molecular complexity index is 1530. The average Bonchev–Trinajstić information content (AvgIpc) is 3.64. The van der Waals surface area contributed by atoms with E-state index in [1.165, 1.54) is 0 Å². The third-order valence-corrected chi connectivity index (χ3v) is 8.33. The van der Waals surface area contributed by atoms with Crippen LogP contribution in [0.25, 0.3) is 0 Å². The minimum Gasteiger partial charge on any atom is -0.497 e. The number of amides is 1. The van der Waals surface area contributed by atoms with Gasteiger partial charge >= 0.3 is 0 Å². The van der Waals surface area contributed by atoms with Crippen LogP contribution in [0.3, 0.4) is 0 Å². The second kappa shape index (κ2) is 9.54. The predicted octanol–water partition coefficient (Wildman–Crippen LogP) is 4.50. The van der Waals surface area contributed by atoms with Crippen LogP contribution in [-0.2, 0) is 29.8 Å². The van der Waals surface area contributed by atoms with E-state index in [1.54, 1.807) is 7.11 Å². The van der Waals surface area contributed by atoms with Gasteiger partial charge in [-0.1, -0.05) is 47.7 Å². The number of methoxy groups -OCH3 is 1. The van der Waals surface area contributed by atoms with E-state index in [-0.39, 0.29) is 11.9 Å². The van der Waals surface area contributed by atoms with E-state index in [4.69, 9.17) is 9.47 Å². The van der Waals surface area contributed by atoms with Crippen LogP contribution in [0.5, 0.6) is 11.5 Å². The summed E-state index contributed by atoms with van der Waals surface area (Å²) < 4.78 is 13.5. The molecule has 0 N–H and O–H groups in total. The molecule has 3 aromatic carbocycles. The number of fused-ring (bicyclic) bond motifs is 8. The van der Waals surface area contributed by atoms with Crippen LogP contribution in [0, 0.1) is 0 Å². The summed E-state index contributed by atoms with van der Waals surface area (Å²) in [4.78, 5) is 19.1. The first kappa shape index (κ1) is 23.9. The lowest BCUT2D eigenvalue weighted by atomic mass is 9.72. The third kappa shape index (κ3) is 3.98. The van der Waals surface area contributed by atoms with Crippen LogP contribution in [-0.4, -0.2) is 46.1 Å². The van der Waals surface area contributed by atoms with Crippen molar-refractivity contribution in [2.24, 2.45) is 0 Å². The fourth-order valence-electron chi connectivity index (χ4n) is 6.66. The van der Waals surface area contributed by atoms with Gasteiger partial charge in [-0.2, -0.15) is 0 Å². The number of hydrogen-bond acceptors (Lipinski definition) is 6. The van der Waals surface area contributed by atoms with E-state index < -0.39 is 5.41 Å². The Morgan fingerprint density at radius 2 is 1.95 bits per heavy atom. The Balaban J connectivity index is 1.38. The number of anilines is 1. The van der Waals surface area contributed by atoms with E-state index in [0.29, 0.717) is 26.2 Å². The smallest absolute Gasteiger partial charge is 0.240 e. The SMILES string of the molecule is COc1cccc(CN2CC[C@@]34C(=O)N(Cc5cn(nn5)CCCOc5cccc(c5)[C@H]23)c2ccccc24)c1. The fraction of sp³-hybridized carbons (Fsp3) is 0.323. The number of ether oxygens (including phenoxy) is 2. The number of likely N-dealkylation sites (tertiary alicyclic amines) is 1. The van der Waals surface area contributed by atoms with Crippen molar-refractivity contribution in [2.45, 2.75) is 43.9 Å². The molecule has 8 nitrogen and oxygen atoms in total. The highest BCUT2D eigenvalue weighted by molar-refractivity contribution is 6.09. The molecular formula is C31H31N5O3. The Hall–Kier alpha value is -4.17. The second-order valence-electron chi connectivity index (χ2n) is 10.6. The summed E-state index contributed by atoms with van der Waals surface area (Å²) in [6.07, 6.45) is 3.49. The lowest BCUT2D eigenvalue weighted by Crippen LogP contribution is -2.44. The van der Waals surface area contributed by atoms with Crippen molar-refractivity contribution >= 4 is 11.6 Å². The van der Waals surface area contributed by atoms with E-state index in [0.717, 1.165) is 59.0 Å². The molecule has 198 valence electrons. The summed E-state index contributed by atoms with van der Waals surface area (Å²) in [5.41, 5.74) is 4.36. The highest BCUT2D eigenvalue weighted by Gasteiger charge is 2.60. The zero-order valence-corrected chi connectivity index (χ0v) is 22.0. The summed E-state index contributed by atoms with van der Waals surface area (Å²) in [6, 6.07) is 24.6. The summed E-state index contributed by atoms with van der Waals surface area (Å²) in [6.45, 7) is 3.18. The molecule has 0 radical (unpaired) electrons. The van der Waals surface area contributed by atoms with E-state index in [2.05, 4.69) is 51.6 Å². The first-order valence-corrected chi connectivity index (χ1v) is 13.6. The van der Waals surface area contributed by atoms with E-state index >= 15 is 0 Å². The van der Waals surface area contributed by atoms with Crippen LogP contribution in [0.2, 0.25) is 0 Å². The molecule has 3 aliphatic heterocycles. The molecule has 1 spiro atoms. The van der Waals surface area contributed by atoms with Gasteiger partial charge in [-0.05, 0) is 53.4 Å². The van der Waals surface area contributed by atoms with Crippen molar-refractivity contribution in [1.82, 2.24) is 19.9 Å². The van der Waals surface area contributed by atoms with Gasteiger partial charge in [-0.3, -0.25) is 14.4 Å². The molecule has 0 aliphatic carbocycles. The monoisotopic (exact) mass is 521 g/mol. The summed E-state index contributed by atoms with van der Waals surface area (Å²) in [5, 5.41) is 8.71. The molecule has 39 heavy (non-hydrogen) atoms. The molecule has 4 aromatic rings. The van der Waals surface area contributed by atoms with Gasteiger partial charge in [-0.15, -0.1) is 5.10 Å². The molecule has 7 rings (SSSR count). The molecule has 3 aliphatic rings. The highest BCUT2D eigenvalue weighted by Crippen LogP contribution is 2.57. The zero-order chi connectivity index (χ0) is 26.4. The first-order chi connectivity index (χ1) is 19.2. The molecule has 1 aromatic heterocycles. The predicted molar refractivity (Wildman–Crippen MR) is 147 cm³/mol. The molecule has 1 saturated heterocycles. The topological polar surface area (TPSA) is 72.7 Å². The quantitative estimate of drug-likeness (QED) is 0.395. The van der Waals surface area contributed by atoms with Gasteiger partial charge in [-0.25, -0.2) is 0 Å². The van der Waals surface area contributed by atoms with Crippen molar-refractivity contribution in [1.29, 1.82) is 0 Å². The number of rotatable bonds is 3. The number of carbonyl (C=O) groups excluding carboxylic acids is 1. The van der Waals surface area contributed by atoms with Crippen molar-refractivity contribution < 1.29 is 14.3 Å².